The van der Waals surface area contributed by atoms with E-state index in [-0.39, 0.29) is 0 Å². The molecule has 0 fully saturated rings. The minimum absolute atomic E-state index is 0.310. The monoisotopic (exact) mass is 307 g/mol. The molecule has 0 heterocycles. The van der Waals surface area contributed by atoms with E-state index in [0.717, 1.165) is 5.56 Å². The van der Waals surface area contributed by atoms with Gasteiger partial charge in [0.25, 0.3) is 0 Å². The highest BCUT2D eigenvalue weighted by atomic mass is 16.6. The van der Waals surface area contributed by atoms with E-state index in [1.807, 2.05) is 30.3 Å². The lowest BCUT2D eigenvalue weighted by Gasteiger charge is -2.20. The maximum Gasteiger partial charge on any atom is 0.407 e. The molecule has 0 aromatic heterocycles. The highest BCUT2D eigenvalue weighted by Crippen LogP contribution is 2.06. The smallest absolute Gasteiger partial charge is 0.407 e. The van der Waals surface area contributed by atoms with Gasteiger partial charge in [-0.15, -0.1) is 0 Å². The third kappa shape index (κ3) is 7.64. The summed E-state index contributed by atoms with van der Waals surface area (Å²) in [6.07, 6.45) is -0.0970. The molecule has 0 saturated carbocycles. The molecule has 22 heavy (non-hydrogen) atoms. The minimum Gasteiger partial charge on any atom is -0.444 e. The van der Waals surface area contributed by atoms with Crippen molar-refractivity contribution in [1.29, 1.82) is 0 Å². The van der Waals surface area contributed by atoms with Crippen molar-refractivity contribution in [2.24, 2.45) is 5.73 Å². The number of primary amides is 1. The molecule has 1 aromatic rings. The van der Waals surface area contributed by atoms with E-state index < -0.39 is 23.6 Å². The topological polar surface area (TPSA) is 93.4 Å². The standard InChI is InChI=1S/C16H25N3O3/c1-16(2,3)22-15(21)18-10-9-13(14(17)20)19-11-12-7-5-4-6-8-12/h4-8,13,19H,9-11H2,1-3H3,(H2,17,20)(H,18,21). The molecular formula is C16H25N3O3. The van der Waals surface area contributed by atoms with Gasteiger partial charge in [0.05, 0.1) is 6.04 Å². The first-order chi connectivity index (χ1) is 10.3. The first kappa shape index (κ1) is 18.0. The molecule has 6 heteroatoms. The van der Waals surface area contributed by atoms with Gasteiger partial charge < -0.3 is 21.1 Å². The van der Waals surface area contributed by atoms with E-state index in [2.05, 4.69) is 10.6 Å². The summed E-state index contributed by atoms with van der Waals surface area (Å²) in [5.74, 6) is -0.443. The SMILES string of the molecule is CC(C)(C)OC(=O)NCCC(NCc1ccccc1)C(N)=O. The zero-order chi connectivity index (χ0) is 16.6. The summed E-state index contributed by atoms with van der Waals surface area (Å²) in [6.45, 7) is 6.23. The second-order valence-electron chi connectivity index (χ2n) is 6.04. The van der Waals surface area contributed by atoms with Crippen LogP contribution in [0.1, 0.15) is 32.8 Å². The first-order valence-electron chi connectivity index (χ1n) is 7.31. The Hall–Kier alpha value is -2.08. The molecule has 1 rings (SSSR count). The Kier molecular flexibility index (Phi) is 6.85. The number of carbonyl (C=O) groups excluding carboxylic acids is 2. The summed E-state index contributed by atoms with van der Waals surface area (Å²) in [5.41, 5.74) is 5.89. The highest BCUT2D eigenvalue weighted by Gasteiger charge is 2.18. The third-order valence-electron chi connectivity index (χ3n) is 2.84. The predicted molar refractivity (Wildman–Crippen MR) is 85.1 cm³/mol. The number of hydrogen-bond acceptors (Lipinski definition) is 4. The Bertz CT molecular complexity index is 483. The Morgan fingerprint density at radius 3 is 2.41 bits per heavy atom. The van der Waals surface area contributed by atoms with E-state index >= 15 is 0 Å². The molecule has 0 radical (unpaired) electrons. The molecule has 0 bridgehead atoms. The van der Waals surface area contributed by atoms with E-state index in [1.165, 1.54) is 0 Å². The largest absolute Gasteiger partial charge is 0.444 e. The van der Waals surface area contributed by atoms with Gasteiger partial charge in [-0.1, -0.05) is 30.3 Å². The van der Waals surface area contributed by atoms with Crippen LogP contribution in [0.3, 0.4) is 0 Å². The van der Waals surface area contributed by atoms with Gasteiger partial charge in [0.2, 0.25) is 5.91 Å². The van der Waals surface area contributed by atoms with Crippen molar-refractivity contribution < 1.29 is 14.3 Å². The Labute approximate surface area is 131 Å². The van der Waals surface area contributed by atoms with Crippen molar-refractivity contribution in [3.8, 4) is 0 Å². The second-order valence-corrected chi connectivity index (χ2v) is 6.04. The summed E-state index contributed by atoms with van der Waals surface area (Å²) in [7, 11) is 0. The number of alkyl carbamates (subject to hydrolysis) is 1. The number of benzene rings is 1. The van der Waals surface area contributed by atoms with E-state index in [9.17, 15) is 9.59 Å². The molecule has 0 aliphatic heterocycles. The van der Waals surface area contributed by atoms with Crippen LogP contribution in [0.2, 0.25) is 0 Å². The second kappa shape index (κ2) is 8.38. The molecular weight excluding hydrogens is 282 g/mol. The van der Waals surface area contributed by atoms with Gasteiger partial charge in [-0.3, -0.25) is 4.79 Å². The molecule has 1 atom stereocenters. The van der Waals surface area contributed by atoms with Crippen molar-refractivity contribution in [1.82, 2.24) is 10.6 Å². The number of carbonyl (C=O) groups is 2. The molecule has 4 N–H and O–H groups in total. The fraction of sp³-hybridized carbons (Fsp3) is 0.500. The van der Waals surface area contributed by atoms with Crippen LogP contribution in [0.4, 0.5) is 4.79 Å². The summed E-state index contributed by atoms with van der Waals surface area (Å²) in [4.78, 5) is 23.0. The number of hydrogen-bond donors (Lipinski definition) is 3. The number of nitrogens with two attached hydrogens (primary N) is 1. The minimum atomic E-state index is -0.543. The van der Waals surface area contributed by atoms with Gasteiger partial charge in [-0.2, -0.15) is 0 Å². The molecule has 1 unspecified atom stereocenters. The van der Waals surface area contributed by atoms with Gasteiger partial charge >= 0.3 is 6.09 Å². The zero-order valence-corrected chi connectivity index (χ0v) is 13.4. The highest BCUT2D eigenvalue weighted by molar-refractivity contribution is 5.79. The fourth-order valence-electron chi connectivity index (χ4n) is 1.81. The maximum atomic E-state index is 11.5. The lowest BCUT2D eigenvalue weighted by molar-refractivity contribution is -0.120. The quantitative estimate of drug-likeness (QED) is 0.712. The van der Waals surface area contributed by atoms with Crippen molar-refractivity contribution in [2.45, 2.75) is 45.4 Å². The predicted octanol–water partition coefficient (Wildman–Crippen LogP) is 1.54. The first-order valence-corrected chi connectivity index (χ1v) is 7.31. The maximum absolute atomic E-state index is 11.5. The molecule has 0 aliphatic carbocycles. The Morgan fingerprint density at radius 1 is 1.23 bits per heavy atom. The lowest BCUT2D eigenvalue weighted by Crippen LogP contribution is -2.43. The normalized spacial score (nSPS) is 12.5. The van der Waals surface area contributed by atoms with Crippen molar-refractivity contribution in [2.75, 3.05) is 6.54 Å². The van der Waals surface area contributed by atoms with Crippen molar-refractivity contribution in [3.05, 3.63) is 35.9 Å². The van der Waals surface area contributed by atoms with Gasteiger partial charge in [-0.05, 0) is 32.8 Å². The van der Waals surface area contributed by atoms with E-state index in [4.69, 9.17) is 10.5 Å². The number of nitrogens with one attached hydrogen (secondary N) is 2. The van der Waals surface area contributed by atoms with Crippen molar-refractivity contribution >= 4 is 12.0 Å². The number of ether oxygens (including phenoxy) is 1. The molecule has 122 valence electrons. The third-order valence-corrected chi connectivity index (χ3v) is 2.84. The molecule has 6 nitrogen and oxygen atoms in total. The summed E-state index contributed by atoms with van der Waals surface area (Å²) in [5, 5.41) is 5.70. The van der Waals surface area contributed by atoms with Crippen LogP contribution in [0, 0.1) is 0 Å². The summed E-state index contributed by atoms with van der Waals surface area (Å²) < 4.78 is 5.12. The van der Waals surface area contributed by atoms with Gasteiger partial charge in [0.15, 0.2) is 0 Å². The number of amides is 2. The molecule has 0 aliphatic rings. The van der Waals surface area contributed by atoms with Crippen LogP contribution in [-0.2, 0) is 16.1 Å². The van der Waals surface area contributed by atoms with Crippen LogP contribution < -0.4 is 16.4 Å². The molecule has 2 amide bonds. The molecule has 1 aromatic carbocycles. The van der Waals surface area contributed by atoms with Crippen molar-refractivity contribution in [3.63, 3.8) is 0 Å². The number of rotatable bonds is 7. The average molecular weight is 307 g/mol. The van der Waals surface area contributed by atoms with Gasteiger partial charge in [0, 0.05) is 13.1 Å². The van der Waals surface area contributed by atoms with Gasteiger partial charge in [-0.25, -0.2) is 4.79 Å². The van der Waals surface area contributed by atoms with E-state index in [0.29, 0.717) is 19.5 Å². The summed E-state index contributed by atoms with van der Waals surface area (Å²) >= 11 is 0. The van der Waals surface area contributed by atoms with Crippen LogP contribution in [-0.4, -0.2) is 30.2 Å². The molecule has 0 saturated heterocycles. The Morgan fingerprint density at radius 2 is 1.86 bits per heavy atom. The molecule has 0 spiro atoms. The van der Waals surface area contributed by atoms with Gasteiger partial charge in [0.1, 0.15) is 5.60 Å². The van der Waals surface area contributed by atoms with Crippen LogP contribution in [0.15, 0.2) is 30.3 Å². The lowest BCUT2D eigenvalue weighted by atomic mass is 10.1. The van der Waals surface area contributed by atoms with Crippen LogP contribution in [0.25, 0.3) is 0 Å². The average Bonchev–Trinajstić information content (AvgIpc) is 2.41. The van der Waals surface area contributed by atoms with E-state index in [1.54, 1.807) is 20.8 Å². The zero-order valence-electron chi connectivity index (χ0n) is 13.4. The van der Waals surface area contributed by atoms with Crippen LogP contribution >= 0.6 is 0 Å². The Balaban J connectivity index is 2.35. The fourth-order valence-corrected chi connectivity index (χ4v) is 1.81. The van der Waals surface area contributed by atoms with Crippen LogP contribution in [0.5, 0.6) is 0 Å². The summed E-state index contributed by atoms with van der Waals surface area (Å²) in [6, 6.07) is 9.21.